The summed E-state index contributed by atoms with van der Waals surface area (Å²) < 4.78 is 13.2. The van der Waals surface area contributed by atoms with Gasteiger partial charge in [0.1, 0.15) is 5.82 Å². The molecule has 1 atom stereocenters. The second kappa shape index (κ2) is 7.02. The van der Waals surface area contributed by atoms with E-state index in [0.29, 0.717) is 31.6 Å². The van der Waals surface area contributed by atoms with E-state index in [1.165, 1.54) is 12.1 Å². The van der Waals surface area contributed by atoms with Crippen LogP contribution in [0.2, 0.25) is 0 Å². The summed E-state index contributed by atoms with van der Waals surface area (Å²) in [6.45, 7) is 6.43. The van der Waals surface area contributed by atoms with Gasteiger partial charge in [-0.05, 0) is 12.1 Å². The van der Waals surface area contributed by atoms with Crippen LogP contribution in [-0.4, -0.2) is 35.7 Å². The number of hydrogen-bond donors (Lipinski definition) is 0. The van der Waals surface area contributed by atoms with Crippen molar-refractivity contribution in [1.82, 2.24) is 4.90 Å². The van der Waals surface area contributed by atoms with E-state index < -0.39 is 0 Å². The summed E-state index contributed by atoms with van der Waals surface area (Å²) in [5, 5.41) is 4.01. The van der Waals surface area contributed by atoms with Crippen molar-refractivity contribution in [2.75, 3.05) is 13.1 Å². The van der Waals surface area contributed by atoms with Gasteiger partial charge >= 0.3 is 0 Å². The van der Waals surface area contributed by atoms with Crippen LogP contribution in [0.5, 0.6) is 0 Å². The fraction of sp³-hybridized carbons (Fsp3) is 0.375. The SMILES string of the molecule is C=CCN(C[C@H]1CC(c2cccc(F)c2)=NO1)C(=O)CC. The highest BCUT2D eigenvalue weighted by Gasteiger charge is 2.25. The summed E-state index contributed by atoms with van der Waals surface area (Å²) in [5.41, 5.74) is 1.43. The molecular formula is C16H19FN2O2. The molecule has 0 N–H and O–H groups in total. The Morgan fingerprint density at radius 2 is 2.43 bits per heavy atom. The third-order valence-electron chi connectivity index (χ3n) is 3.32. The van der Waals surface area contributed by atoms with Crippen molar-refractivity contribution in [3.8, 4) is 0 Å². The number of oxime groups is 1. The zero-order valence-corrected chi connectivity index (χ0v) is 12.1. The maximum absolute atomic E-state index is 13.2. The van der Waals surface area contributed by atoms with Gasteiger partial charge in [-0.1, -0.05) is 30.3 Å². The van der Waals surface area contributed by atoms with E-state index in [9.17, 15) is 9.18 Å². The quantitative estimate of drug-likeness (QED) is 0.756. The van der Waals surface area contributed by atoms with Crippen molar-refractivity contribution in [2.24, 2.45) is 5.16 Å². The summed E-state index contributed by atoms with van der Waals surface area (Å²) in [4.78, 5) is 18.9. The van der Waals surface area contributed by atoms with E-state index in [1.807, 2.05) is 6.92 Å². The van der Waals surface area contributed by atoms with Crippen molar-refractivity contribution in [2.45, 2.75) is 25.9 Å². The number of carbonyl (C=O) groups excluding carboxylic acids is 1. The molecule has 1 aliphatic rings. The van der Waals surface area contributed by atoms with Crippen LogP contribution in [0.25, 0.3) is 0 Å². The maximum Gasteiger partial charge on any atom is 0.222 e. The minimum atomic E-state index is -0.298. The molecule has 0 saturated carbocycles. The van der Waals surface area contributed by atoms with E-state index in [-0.39, 0.29) is 17.8 Å². The van der Waals surface area contributed by atoms with Crippen LogP contribution in [-0.2, 0) is 9.63 Å². The average molecular weight is 290 g/mol. The van der Waals surface area contributed by atoms with Crippen LogP contribution >= 0.6 is 0 Å². The molecular weight excluding hydrogens is 271 g/mol. The third-order valence-corrected chi connectivity index (χ3v) is 3.32. The largest absolute Gasteiger partial charge is 0.390 e. The van der Waals surface area contributed by atoms with Gasteiger partial charge in [0.2, 0.25) is 5.91 Å². The topological polar surface area (TPSA) is 41.9 Å². The fourth-order valence-electron chi connectivity index (χ4n) is 2.27. The first-order valence-corrected chi connectivity index (χ1v) is 7.01. The van der Waals surface area contributed by atoms with Gasteiger partial charge in [0.05, 0.1) is 12.3 Å². The molecule has 1 heterocycles. The standard InChI is InChI=1S/C16H19FN2O2/c1-3-8-19(16(20)4-2)11-14-10-15(18-21-14)12-6-5-7-13(17)9-12/h3,5-7,9,14H,1,4,8,10-11H2,2H3/t14-/m1/s1. The normalized spacial score (nSPS) is 17.0. The lowest BCUT2D eigenvalue weighted by Crippen LogP contribution is -2.37. The molecule has 0 fully saturated rings. The van der Waals surface area contributed by atoms with Crippen molar-refractivity contribution in [1.29, 1.82) is 0 Å². The van der Waals surface area contributed by atoms with E-state index in [2.05, 4.69) is 11.7 Å². The number of nitrogens with zero attached hydrogens (tertiary/aromatic N) is 2. The molecule has 0 radical (unpaired) electrons. The number of rotatable bonds is 6. The second-order valence-corrected chi connectivity index (χ2v) is 4.92. The minimum Gasteiger partial charge on any atom is -0.390 e. The molecule has 1 aliphatic heterocycles. The van der Waals surface area contributed by atoms with Crippen molar-refractivity contribution in [3.63, 3.8) is 0 Å². The maximum atomic E-state index is 13.2. The van der Waals surface area contributed by atoms with Gasteiger partial charge in [-0.25, -0.2) is 4.39 Å². The van der Waals surface area contributed by atoms with Gasteiger partial charge < -0.3 is 9.74 Å². The highest BCUT2D eigenvalue weighted by Crippen LogP contribution is 2.18. The summed E-state index contributed by atoms with van der Waals surface area (Å²) in [6.07, 6.45) is 2.50. The predicted molar refractivity (Wildman–Crippen MR) is 79.5 cm³/mol. The van der Waals surface area contributed by atoms with E-state index in [0.717, 1.165) is 5.56 Å². The summed E-state index contributed by atoms with van der Waals surface area (Å²) in [5.74, 6) is -0.245. The summed E-state index contributed by atoms with van der Waals surface area (Å²) >= 11 is 0. The number of carbonyl (C=O) groups is 1. The van der Waals surface area contributed by atoms with Gasteiger partial charge in [-0.15, -0.1) is 6.58 Å². The Hall–Kier alpha value is -2.17. The van der Waals surface area contributed by atoms with E-state index >= 15 is 0 Å². The monoisotopic (exact) mass is 290 g/mol. The van der Waals surface area contributed by atoms with Gasteiger partial charge in [-0.3, -0.25) is 4.79 Å². The first-order valence-electron chi connectivity index (χ1n) is 7.01. The first kappa shape index (κ1) is 15.2. The van der Waals surface area contributed by atoms with Gasteiger partial charge in [0, 0.05) is 24.9 Å². The molecule has 1 aromatic rings. The predicted octanol–water partition coefficient (Wildman–Crippen LogP) is 2.74. The Balaban J connectivity index is 1.97. The molecule has 5 heteroatoms. The molecule has 0 bridgehead atoms. The summed E-state index contributed by atoms with van der Waals surface area (Å²) in [7, 11) is 0. The van der Waals surface area contributed by atoms with Crippen LogP contribution in [0.4, 0.5) is 4.39 Å². The average Bonchev–Trinajstić information content (AvgIpc) is 2.94. The van der Waals surface area contributed by atoms with Gasteiger partial charge in [-0.2, -0.15) is 0 Å². The van der Waals surface area contributed by atoms with Crippen LogP contribution < -0.4 is 0 Å². The number of benzene rings is 1. The van der Waals surface area contributed by atoms with Crippen LogP contribution in [0.15, 0.2) is 42.1 Å². The molecule has 0 spiro atoms. The van der Waals surface area contributed by atoms with Crippen LogP contribution in [0.3, 0.4) is 0 Å². The molecule has 112 valence electrons. The minimum absolute atomic E-state index is 0.0534. The lowest BCUT2D eigenvalue weighted by atomic mass is 10.0. The van der Waals surface area contributed by atoms with Crippen molar-refractivity contribution < 1.29 is 14.0 Å². The molecule has 1 amide bonds. The molecule has 2 rings (SSSR count). The third kappa shape index (κ3) is 3.90. The molecule has 0 unspecified atom stereocenters. The fourth-order valence-corrected chi connectivity index (χ4v) is 2.27. The Kier molecular flexibility index (Phi) is 5.09. The Morgan fingerprint density at radius 3 is 3.10 bits per heavy atom. The summed E-state index contributed by atoms with van der Waals surface area (Å²) in [6, 6.07) is 6.27. The first-order chi connectivity index (χ1) is 10.1. The number of halogens is 1. The van der Waals surface area contributed by atoms with Crippen LogP contribution in [0.1, 0.15) is 25.3 Å². The number of hydrogen-bond acceptors (Lipinski definition) is 3. The van der Waals surface area contributed by atoms with Gasteiger partial charge in [0.15, 0.2) is 6.10 Å². The molecule has 1 aromatic carbocycles. The molecule has 0 saturated heterocycles. The smallest absolute Gasteiger partial charge is 0.222 e. The Bertz CT molecular complexity index is 557. The molecule has 21 heavy (non-hydrogen) atoms. The highest BCUT2D eigenvalue weighted by molar-refractivity contribution is 6.01. The highest BCUT2D eigenvalue weighted by atomic mass is 19.1. The van der Waals surface area contributed by atoms with E-state index in [1.54, 1.807) is 23.1 Å². The van der Waals surface area contributed by atoms with E-state index in [4.69, 9.17) is 4.84 Å². The zero-order chi connectivity index (χ0) is 15.2. The Morgan fingerprint density at radius 1 is 1.62 bits per heavy atom. The molecule has 0 aliphatic carbocycles. The number of amides is 1. The van der Waals surface area contributed by atoms with Crippen molar-refractivity contribution >= 4 is 11.6 Å². The van der Waals surface area contributed by atoms with Gasteiger partial charge in [0.25, 0.3) is 0 Å². The second-order valence-electron chi connectivity index (χ2n) is 4.92. The zero-order valence-electron chi connectivity index (χ0n) is 12.1. The Labute approximate surface area is 123 Å². The van der Waals surface area contributed by atoms with Crippen LogP contribution in [0, 0.1) is 5.82 Å². The molecule has 0 aromatic heterocycles. The lowest BCUT2D eigenvalue weighted by molar-refractivity contribution is -0.132. The van der Waals surface area contributed by atoms with Crippen molar-refractivity contribution in [3.05, 3.63) is 48.3 Å². The molecule has 4 nitrogen and oxygen atoms in total. The lowest BCUT2D eigenvalue weighted by Gasteiger charge is -2.22.